The lowest BCUT2D eigenvalue weighted by atomic mass is 10.1. The van der Waals surface area contributed by atoms with Crippen molar-refractivity contribution < 1.29 is 4.74 Å². The molecule has 5 nitrogen and oxygen atoms in total. The predicted molar refractivity (Wildman–Crippen MR) is 108 cm³/mol. The van der Waals surface area contributed by atoms with Gasteiger partial charge in [0.25, 0.3) is 0 Å². The van der Waals surface area contributed by atoms with Crippen molar-refractivity contribution in [2.24, 2.45) is 0 Å². The average Bonchev–Trinajstić information content (AvgIpc) is 3.31. The van der Waals surface area contributed by atoms with Crippen LogP contribution in [-0.4, -0.2) is 25.6 Å². The Balaban J connectivity index is 1.57. The lowest BCUT2D eigenvalue weighted by Crippen LogP contribution is -2.05. The van der Waals surface area contributed by atoms with Crippen molar-refractivity contribution in [2.45, 2.75) is 26.0 Å². The van der Waals surface area contributed by atoms with E-state index in [1.807, 2.05) is 36.9 Å². The number of aromatic nitrogens is 4. The Bertz CT molecular complexity index is 1110. The number of imidazole rings is 1. The number of ether oxygens (including phenoxy) is 1. The third-order valence-electron chi connectivity index (χ3n) is 5.03. The summed E-state index contributed by atoms with van der Waals surface area (Å²) in [6.07, 6.45) is 8.34. The minimum Gasteiger partial charge on any atom is -0.490 e. The van der Waals surface area contributed by atoms with Gasteiger partial charge in [0, 0.05) is 36.5 Å². The van der Waals surface area contributed by atoms with Crippen LogP contribution in [-0.2, 0) is 13.0 Å². The third-order valence-corrected chi connectivity index (χ3v) is 5.03. The van der Waals surface area contributed by atoms with E-state index in [9.17, 15) is 0 Å². The monoisotopic (exact) mass is 368 g/mol. The summed E-state index contributed by atoms with van der Waals surface area (Å²) < 4.78 is 8.00. The number of nitrogens with zero attached hydrogens (tertiary/aromatic N) is 4. The quantitative estimate of drug-likeness (QED) is 0.536. The summed E-state index contributed by atoms with van der Waals surface area (Å²) in [6, 6.07) is 16.7. The van der Waals surface area contributed by atoms with Gasteiger partial charge in [-0.2, -0.15) is 0 Å². The smallest absolute Gasteiger partial charge is 0.123 e. The largest absolute Gasteiger partial charge is 0.490 e. The van der Waals surface area contributed by atoms with E-state index in [4.69, 9.17) is 9.72 Å². The minimum absolute atomic E-state index is 0.250. The molecule has 0 spiro atoms. The SMILES string of the molecule is C[C@@H]1Cc2cc(Cn3cnc(-c4ccccc4)c3-c3cncnc3)ccc2O1. The molecule has 1 aliphatic rings. The minimum atomic E-state index is 0.250. The van der Waals surface area contributed by atoms with E-state index in [0.717, 1.165) is 41.2 Å². The van der Waals surface area contributed by atoms with Crippen LogP contribution in [0.2, 0.25) is 0 Å². The second-order valence-corrected chi connectivity index (χ2v) is 7.14. The van der Waals surface area contributed by atoms with Crippen molar-refractivity contribution in [1.82, 2.24) is 19.5 Å². The molecule has 138 valence electrons. The Kier molecular flexibility index (Phi) is 4.13. The zero-order chi connectivity index (χ0) is 18.9. The highest BCUT2D eigenvalue weighted by Gasteiger charge is 2.20. The molecule has 0 amide bonds. The second kappa shape index (κ2) is 6.93. The highest BCUT2D eigenvalue weighted by Crippen LogP contribution is 2.33. The molecule has 28 heavy (non-hydrogen) atoms. The second-order valence-electron chi connectivity index (χ2n) is 7.14. The van der Waals surface area contributed by atoms with Gasteiger partial charge < -0.3 is 9.30 Å². The molecule has 0 saturated carbocycles. The van der Waals surface area contributed by atoms with E-state index >= 15 is 0 Å². The molecule has 0 aliphatic carbocycles. The van der Waals surface area contributed by atoms with E-state index in [0.29, 0.717) is 0 Å². The molecule has 4 aromatic rings. The Morgan fingerprint density at radius 3 is 2.68 bits per heavy atom. The first-order chi connectivity index (χ1) is 13.8. The molecule has 2 aromatic heterocycles. The molecule has 5 heteroatoms. The number of rotatable bonds is 4. The molecule has 0 bridgehead atoms. The summed E-state index contributed by atoms with van der Waals surface area (Å²) in [5.74, 6) is 1.00. The van der Waals surface area contributed by atoms with Gasteiger partial charge in [0.05, 0.1) is 17.7 Å². The van der Waals surface area contributed by atoms with Crippen molar-refractivity contribution in [3.05, 3.63) is 84.7 Å². The zero-order valence-corrected chi connectivity index (χ0v) is 15.6. The van der Waals surface area contributed by atoms with Crippen LogP contribution < -0.4 is 4.74 Å². The summed E-state index contributed by atoms with van der Waals surface area (Å²) in [7, 11) is 0. The Morgan fingerprint density at radius 1 is 1.04 bits per heavy atom. The van der Waals surface area contributed by atoms with Gasteiger partial charge in [0.15, 0.2) is 0 Å². The molecule has 2 aromatic carbocycles. The van der Waals surface area contributed by atoms with Gasteiger partial charge in [0.2, 0.25) is 0 Å². The van der Waals surface area contributed by atoms with Gasteiger partial charge in [-0.1, -0.05) is 42.5 Å². The maximum atomic E-state index is 5.83. The summed E-state index contributed by atoms with van der Waals surface area (Å²) in [6.45, 7) is 2.83. The van der Waals surface area contributed by atoms with Gasteiger partial charge in [0.1, 0.15) is 18.2 Å². The fourth-order valence-electron chi connectivity index (χ4n) is 3.80. The summed E-state index contributed by atoms with van der Waals surface area (Å²) in [5.41, 5.74) is 6.50. The topological polar surface area (TPSA) is 52.8 Å². The first kappa shape index (κ1) is 16.7. The molecule has 0 fully saturated rings. The fraction of sp³-hybridized carbons (Fsp3) is 0.174. The number of fused-ring (bicyclic) bond motifs is 1. The van der Waals surface area contributed by atoms with Crippen molar-refractivity contribution in [3.8, 4) is 28.3 Å². The molecule has 5 rings (SSSR count). The Labute approximate surface area is 163 Å². The number of benzene rings is 2. The lowest BCUT2D eigenvalue weighted by Gasteiger charge is -2.11. The van der Waals surface area contributed by atoms with Crippen LogP contribution in [0.15, 0.2) is 73.6 Å². The van der Waals surface area contributed by atoms with Crippen LogP contribution in [0.4, 0.5) is 0 Å². The fourth-order valence-corrected chi connectivity index (χ4v) is 3.80. The van der Waals surface area contributed by atoms with Crippen LogP contribution in [0, 0.1) is 0 Å². The average molecular weight is 368 g/mol. The molecular weight excluding hydrogens is 348 g/mol. The van der Waals surface area contributed by atoms with Crippen LogP contribution in [0.5, 0.6) is 5.75 Å². The standard InChI is InChI=1S/C23H20N4O/c1-16-9-19-10-17(7-8-21(19)28-16)13-27-15-26-22(18-5-3-2-4-6-18)23(27)20-11-24-14-25-12-20/h2-8,10-12,14-16H,9,13H2,1H3/t16-/m1/s1. The van der Waals surface area contributed by atoms with E-state index in [2.05, 4.69) is 51.8 Å². The highest BCUT2D eigenvalue weighted by molar-refractivity contribution is 5.77. The molecule has 0 N–H and O–H groups in total. The normalized spacial score (nSPS) is 15.2. The van der Waals surface area contributed by atoms with Crippen molar-refractivity contribution >= 4 is 0 Å². The zero-order valence-electron chi connectivity index (χ0n) is 15.6. The van der Waals surface area contributed by atoms with Crippen LogP contribution in [0.1, 0.15) is 18.1 Å². The van der Waals surface area contributed by atoms with Crippen LogP contribution >= 0.6 is 0 Å². The maximum absolute atomic E-state index is 5.83. The maximum Gasteiger partial charge on any atom is 0.123 e. The molecule has 3 heterocycles. The van der Waals surface area contributed by atoms with E-state index in [1.165, 1.54) is 11.1 Å². The molecule has 1 aliphatic heterocycles. The summed E-state index contributed by atoms with van der Waals surface area (Å²) in [5, 5.41) is 0. The van der Waals surface area contributed by atoms with Crippen molar-refractivity contribution in [3.63, 3.8) is 0 Å². The van der Waals surface area contributed by atoms with Gasteiger partial charge in [-0.15, -0.1) is 0 Å². The molecule has 0 saturated heterocycles. The lowest BCUT2D eigenvalue weighted by molar-refractivity contribution is 0.254. The Morgan fingerprint density at radius 2 is 1.86 bits per heavy atom. The first-order valence-corrected chi connectivity index (χ1v) is 9.42. The number of hydrogen-bond donors (Lipinski definition) is 0. The van der Waals surface area contributed by atoms with Crippen molar-refractivity contribution in [1.29, 1.82) is 0 Å². The van der Waals surface area contributed by atoms with Crippen molar-refractivity contribution in [2.75, 3.05) is 0 Å². The highest BCUT2D eigenvalue weighted by atomic mass is 16.5. The van der Waals surface area contributed by atoms with Gasteiger partial charge >= 0.3 is 0 Å². The third kappa shape index (κ3) is 3.05. The summed E-state index contributed by atoms with van der Waals surface area (Å²) >= 11 is 0. The molecule has 1 atom stereocenters. The summed E-state index contributed by atoms with van der Waals surface area (Å²) in [4.78, 5) is 13.1. The van der Waals surface area contributed by atoms with E-state index in [1.54, 1.807) is 6.33 Å². The Hall–Kier alpha value is -3.47. The predicted octanol–water partition coefficient (Wildman–Crippen LogP) is 4.38. The first-order valence-electron chi connectivity index (χ1n) is 9.42. The molecular formula is C23H20N4O. The van der Waals surface area contributed by atoms with E-state index in [-0.39, 0.29) is 6.10 Å². The van der Waals surface area contributed by atoms with Gasteiger partial charge in [-0.3, -0.25) is 0 Å². The van der Waals surface area contributed by atoms with E-state index < -0.39 is 0 Å². The van der Waals surface area contributed by atoms with Crippen LogP contribution in [0.25, 0.3) is 22.5 Å². The molecule has 0 radical (unpaired) electrons. The van der Waals surface area contributed by atoms with Gasteiger partial charge in [-0.05, 0) is 24.1 Å². The molecule has 0 unspecified atom stereocenters. The van der Waals surface area contributed by atoms with Gasteiger partial charge in [-0.25, -0.2) is 15.0 Å². The number of hydrogen-bond acceptors (Lipinski definition) is 4. The van der Waals surface area contributed by atoms with Crippen LogP contribution in [0.3, 0.4) is 0 Å².